The normalized spacial score (nSPS) is 15.0. The number of rotatable bonds is 4. The minimum Gasteiger partial charge on any atom is -0.206 e. The molecule has 0 aliphatic carbocycles. The highest BCUT2D eigenvalue weighted by molar-refractivity contribution is 9.10. The number of hydrogen-bond donors (Lipinski definition) is 0. The summed E-state index contributed by atoms with van der Waals surface area (Å²) in [6.45, 7) is 4.37. The Morgan fingerprint density at radius 3 is 2.60 bits per heavy atom. The lowest BCUT2D eigenvalue weighted by molar-refractivity contribution is 0.544. The zero-order chi connectivity index (χ0) is 11.4. The molecule has 1 rings (SSSR count). The SMILES string of the molecule is CCC(Br)C(C)Cc1ccc(F)c(Br)c1. The first-order valence-corrected chi connectivity index (χ1v) is 6.83. The fraction of sp³-hybridized carbons (Fsp3) is 0.500. The second-order valence-corrected chi connectivity index (χ2v) is 5.88. The lowest BCUT2D eigenvalue weighted by Gasteiger charge is -2.16. The monoisotopic (exact) mass is 336 g/mol. The molecule has 0 spiro atoms. The highest BCUT2D eigenvalue weighted by atomic mass is 79.9. The van der Waals surface area contributed by atoms with Crippen molar-refractivity contribution in [2.75, 3.05) is 0 Å². The Labute approximate surface area is 108 Å². The van der Waals surface area contributed by atoms with E-state index >= 15 is 0 Å². The van der Waals surface area contributed by atoms with E-state index < -0.39 is 0 Å². The van der Waals surface area contributed by atoms with Gasteiger partial charge in [0.15, 0.2) is 0 Å². The van der Waals surface area contributed by atoms with Gasteiger partial charge in [-0.1, -0.05) is 35.8 Å². The molecule has 3 heteroatoms. The predicted octanol–water partition coefficient (Wildman–Crippen LogP) is 4.94. The highest BCUT2D eigenvalue weighted by Gasteiger charge is 2.13. The number of alkyl halides is 1. The van der Waals surface area contributed by atoms with Crippen molar-refractivity contribution < 1.29 is 4.39 Å². The van der Waals surface area contributed by atoms with Crippen molar-refractivity contribution in [3.8, 4) is 0 Å². The average molecular weight is 338 g/mol. The maximum absolute atomic E-state index is 13.0. The number of halogens is 3. The zero-order valence-corrected chi connectivity index (χ0v) is 12.1. The van der Waals surface area contributed by atoms with Crippen molar-refractivity contribution in [2.45, 2.75) is 31.5 Å². The van der Waals surface area contributed by atoms with Crippen LogP contribution >= 0.6 is 31.9 Å². The average Bonchev–Trinajstić information content (AvgIpc) is 2.22. The molecule has 0 saturated heterocycles. The molecule has 2 atom stereocenters. The molecule has 0 aliphatic rings. The summed E-state index contributed by atoms with van der Waals surface area (Å²) in [7, 11) is 0. The third-order valence-corrected chi connectivity index (χ3v) is 4.71. The first-order chi connectivity index (χ1) is 7.04. The van der Waals surface area contributed by atoms with Crippen molar-refractivity contribution in [2.24, 2.45) is 5.92 Å². The van der Waals surface area contributed by atoms with Gasteiger partial charge in [0.1, 0.15) is 5.82 Å². The van der Waals surface area contributed by atoms with Crippen LogP contribution in [-0.2, 0) is 6.42 Å². The first-order valence-electron chi connectivity index (χ1n) is 5.12. The lowest BCUT2D eigenvalue weighted by atomic mass is 9.97. The molecule has 15 heavy (non-hydrogen) atoms. The van der Waals surface area contributed by atoms with E-state index in [-0.39, 0.29) is 5.82 Å². The molecule has 0 saturated carbocycles. The summed E-state index contributed by atoms with van der Waals surface area (Å²) < 4.78 is 13.6. The molecular formula is C12H15Br2F. The summed E-state index contributed by atoms with van der Waals surface area (Å²) in [5.74, 6) is 0.365. The van der Waals surface area contributed by atoms with E-state index in [9.17, 15) is 4.39 Å². The van der Waals surface area contributed by atoms with Crippen LogP contribution in [0.15, 0.2) is 22.7 Å². The molecular weight excluding hydrogens is 323 g/mol. The summed E-state index contributed by atoms with van der Waals surface area (Å²) in [5, 5.41) is 0. The minimum atomic E-state index is -0.197. The Balaban J connectivity index is 2.68. The fourth-order valence-corrected chi connectivity index (χ4v) is 2.18. The van der Waals surface area contributed by atoms with Gasteiger partial charge in [0.2, 0.25) is 0 Å². The molecule has 1 aromatic carbocycles. The topological polar surface area (TPSA) is 0 Å². The van der Waals surface area contributed by atoms with Crippen LogP contribution in [0.5, 0.6) is 0 Å². The van der Waals surface area contributed by atoms with Crippen molar-refractivity contribution in [1.29, 1.82) is 0 Å². The van der Waals surface area contributed by atoms with Gasteiger partial charge in [-0.2, -0.15) is 0 Å². The number of benzene rings is 1. The van der Waals surface area contributed by atoms with Crippen LogP contribution in [0.1, 0.15) is 25.8 Å². The van der Waals surface area contributed by atoms with Crippen molar-refractivity contribution in [1.82, 2.24) is 0 Å². The van der Waals surface area contributed by atoms with E-state index in [4.69, 9.17) is 0 Å². The predicted molar refractivity (Wildman–Crippen MR) is 70.0 cm³/mol. The Kier molecular flexibility index (Phi) is 5.27. The first kappa shape index (κ1) is 13.2. The van der Waals surface area contributed by atoms with Gasteiger partial charge in [0.25, 0.3) is 0 Å². The third-order valence-electron chi connectivity index (χ3n) is 2.55. The van der Waals surface area contributed by atoms with E-state index in [1.165, 1.54) is 11.6 Å². The van der Waals surface area contributed by atoms with Gasteiger partial charge in [-0.3, -0.25) is 0 Å². The van der Waals surface area contributed by atoms with Crippen LogP contribution in [0.3, 0.4) is 0 Å². The van der Waals surface area contributed by atoms with Gasteiger partial charge in [0.05, 0.1) is 4.47 Å². The van der Waals surface area contributed by atoms with Gasteiger partial charge >= 0.3 is 0 Å². The standard InChI is InChI=1S/C12H15Br2F/c1-3-10(13)8(2)6-9-4-5-12(15)11(14)7-9/h4-5,7-8,10H,3,6H2,1-2H3. The van der Waals surface area contributed by atoms with Crippen LogP contribution < -0.4 is 0 Å². The van der Waals surface area contributed by atoms with E-state index in [0.717, 1.165) is 12.8 Å². The van der Waals surface area contributed by atoms with E-state index in [1.807, 2.05) is 12.1 Å². The molecule has 2 unspecified atom stereocenters. The Morgan fingerprint density at radius 1 is 1.40 bits per heavy atom. The molecule has 1 aromatic rings. The Hall–Kier alpha value is 0.110. The summed E-state index contributed by atoms with van der Waals surface area (Å²) in [4.78, 5) is 0.529. The van der Waals surface area contributed by atoms with Crippen molar-refractivity contribution in [3.63, 3.8) is 0 Å². The minimum absolute atomic E-state index is 0.197. The molecule has 0 aromatic heterocycles. The summed E-state index contributed by atoms with van der Waals surface area (Å²) in [6.07, 6.45) is 2.09. The smallest absolute Gasteiger partial charge is 0.137 e. The summed E-state index contributed by atoms with van der Waals surface area (Å²) in [5.41, 5.74) is 1.17. The molecule has 0 fully saturated rings. The fourth-order valence-electron chi connectivity index (χ4n) is 1.57. The van der Waals surface area contributed by atoms with E-state index in [0.29, 0.717) is 15.2 Å². The van der Waals surface area contributed by atoms with Crippen LogP contribution in [0.4, 0.5) is 4.39 Å². The zero-order valence-electron chi connectivity index (χ0n) is 8.93. The van der Waals surface area contributed by atoms with Crippen LogP contribution in [0.2, 0.25) is 0 Å². The van der Waals surface area contributed by atoms with Gasteiger partial charge in [-0.15, -0.1) is 0 Å². The maximum atomic E-state index is 13.0. The molecule has 0 amide bonds. The largest absolute Gasteiger partial charge is 0.206 e. The highest BCUT2D eigenvalue weighted by Crippen LogP contribution is 2.23. The molecule has 0 nitrogen and oxygen atoms in total. The van der Waals surface area contributed by atoms with Gasteiger partial charge in [-0.25, -0.2) is 4.39 Å². The third kappa shape index (κ3) is 3.87. The van der Waals surface area contributed by atoms with E-state index in [1.54, 1.807) is 0 Å². The van der Waals surface area contributed by atoms with Crippen LogP contribution in [-0.4, -0.2) is 4.83 Å². The second-order valence-electron chi connectivity index (χ2n) is 3.85. The Bertz CT molecular complexity index is 325. The van der Waals surface area contributed by atoms with Crippen LogP contribution in [0, 0.1) is 11.7 Å². The maximum Gasteiger partial charge on any atom is 0.137 e. The van der Waals surface area contributed by atoms with E-state index in [2.05, 4.69) is 45.7 Å². The second kappa shape index (κ2) is 6.00. The Morgan fingerprint density at radius 2 is 2.07 bits per heavy atom. The van der Waals surface area contributed by atoms with Crippen LogP contribution in [0.25, 0.3) is 0 Å². The quantitative estimate of drug-likeness (QED) is 0.682. The van der Waals surface area contributed by atoms with Gasteiger partial charge in [0, 0.05) is 4.83 Å². The van der Waals surface area contributed by atoms with Gasteiger partial charge < -0.3 is 0 Å². The molecule has 0 N–H and O–H groups in total. The molecule has 0 bridgehead atoms. The summed E-state index contributed by atoms with van der Waals surface area (Å²) >= 11 is 6.85. The number of hydrogen-bond acceptors (Lipinski definition) is 0. The van der Waals surface area contributed by atoms with Crippen molar-refractivity contribution >= 4 is 31.9 Å². The molecule has 0 aliphatic heterocycles. The molecule has 84 valence electrons. The molecule has 0 radical (unpaired) electrons. The lowest BCUT2D eigenvalue weighted by Crippen LogP contribution is -2.12. The van der Waals surface area contributed by atoms with Gasteiger partial charge in [-0.05, 0) is 52.4 Å². The van der Waals surface area contributed by atoms with Crippen molar-refractivity contribution in [3.05, 3.63) is 34.1 Å². The molecule has 0 heterocycles. The summed E-state index contributed by atoms with van der Waals surface area (Å²) in [6, 6.07) is 5.23.